The van der Waals surface area contributed by atoms with Crippen LogP contribution in [0.4, 0.5) is 5.69 Å². The van der Waals surface area contributed by atoms with E-state index in [1.54, 1.807) is 17.9 Å². The molecule has 2 aromatic rings. The molecule has 6 nitrogen and oxygen atoms in total. The molecule has 1 atom stereocenters. The quantitative estimate of drug-likeness (QED) is 0.861. The number of fused-ring (bicyclic) bond motifs is 1. The van der Waals surface area contributed by atoms with Crippen molar-refractivity contribution in [1.82, 2.24) is 14.7 Å². The van der Waals surface area contributed by atoms with Gasteiger partial charge in [0.1, 0.15) is 5.69 Å². The third-order valence-electron chi connectivity index (χ3n) is 4.46. The van der Waals surface area contributed by atoms with Crippen molar-refractivity contribution >= 4 is 11.6 Å². The molecule has 1 aliphatic rings. The number of amides is 1. The lowest BCUT2D eigenvalue weighted by atomic mass is 10.1. The first-order valence-corrected chi connectivity index (χ1v) is 8.22. The fourth-order valence-electron chi connectivity index (χ4n) is 3.15. The fourth-order valence-corrected chi connectivity index (χ4v) is 3.15. The van der Waals surface area contributed by atoms with Crippen molar-refractivity contribution in [2.45, 2.75) is 26.1 Å². The average molecular weight is 328 g/mol. The van der Waals surface area contributed by atoms with Crippen molar-refractivity contribution in [2.75, 3.05) is 32.2 Å². The van der Waals surface area contributed by atoms with Gasteiger partial charge in [-0.25, -0.2) is 0 Å². The van der Waals surface area contributed by atoms with Gasteiger partial charge in [0.25, 0.3) is 5.91 Å². The summed E-state index contributed by atoms with van der Waals surface area (Å²) in [5.74, 6) is -0.0243. The number of likely N-dealkylation sites (N-methyl/N-ethyl adjacent to an activating group) is 1. The smallest absolute Gasteiger partial charge is 0.274 e. The van der Waals surface area contributed by atoms with Gasteiger partial charge in [-0.2, -0.15) is 5.10 Å². The van der Waals surface area contributed by atoms with E-state index in [0.29, 0.717) is 25.4 Å². The fraction of sp³-hybridized carbons (Fsp3) is 0.444. The van der Waals surface area contributed by atoms with Crippen LogP contribution in [-0.4, -0.2) is 53.9 Å². The third-order valence-corrected chi connectivity index (χ3v) is 4.46. The summed E-state index contributed by atoms with van der Waals surface area (Å²) in [6.45, 7) is 4.71. The summed E-state index contributed by atoms with van der Waals surface area (Å²) in [5.41, 5.74) is 2.83. The Hall–Kier alpha value is -2.34. The van der Waals surface area contributed by atoms with E-state index < -0.39 is 0 Å². The summed E-state index contributed by atoms with van der Waals surface area (Å²) in [4.78, 5) is 17.1. The molecule has 0 fully saturated rings. The average Bonchev–Trinajstić information content (AvgIpc) is 3.01. The molecule has 24 heavy (non-hydrogen) atoms. The normalized spacial score (nSPS) is 17.5. The lowest BCUT2D eigenvalue weighted by Crippen LogP contribution is -2.42. The summed E-state index contributed by atoms with van der Waals surface area (Å²) >= 11 is 0. The van der Waals surface area contributed by atoms with Crippen LogP contribution < -0.4 is 4.90 Å². The van der Waals surface area contributed by atoms with E-state index in [4.69, 9.17) is 4.74 Å². The molecular formula is C18H24N4O2. The van der Waals surface area contributed by atoms with Crippen LogP contribution in [0.1, 0.15) is 23.0 Å². The highest BCUT2D eigenvalue weighted by molar-refractivity contribution is 5.92. The largest absolute Gasteiger partial charge is 0.383 e. The molecule has 0 N–H and O–H groups in total. The standard InChI is InChI=1S/C18H24N4O2/c1-14-12-20(2)17-7-5-4-6-15(17)13-22(14)18(23)16-8-9-21(19-16)10-11-24-3/h4-9,14H,10-13H2,1-3H3. The third kappa shape index (κ3) is 3.28. The summed E-state index contributed by atoms with van der Waals surface area (Å²) in [7, 11) is 3.73. The molecule has 0 bridgehead atoms. The van der Waals surface area contributed by atoms with Crippen molar-refractivity contribution in [3.05, 3.63) is 47.8 Å². The molecule has 1 aliphatic heterocycles. The number of ether oxygens (including phenoxy) is 1. The SMILES string of the molecule is COCCn1ccc(C(=O)N2Cc3ccccc3N(C)CC2C)n1. The van der Waals surface area contributed by atoms with Crippen LogP contribution in [0.25, 0.3) is 0 Å². The van der Waals surface area contributed by atoms with Gasteiger partial charge in [-0.15, -0.1) is 0 Å². The molecule has 0 saturated heterocycles. The van der Waals surface area contributed by atoms with Crippen molar-refractivity contribution in [1.29, 1.82) is 0 Å². The van der Waals surface area contributed by atoms with Gasteiger partial charge in [-0.05, 0) is 24.6 Å². The van der Waals surface area contributed by atoms with Crippen LogP contribution in [0.5, 0.6) is 0 Å². The van der Waals surface area contributed by atoms with Crippen molar-refractivity contribution in [3.8, 4) is 0 Å². The maximum absolute atomic E-state index is 13.0. The zero-order valence-corrected chi connectivity index (χ0v) is 14.5. The molecule has 0 spiro atoms. The predicted molar refractivity (Wildman–Crippen MR) is 93.2 cm³/mol. The Bertz CT molecular complexity index is 713. The number of para-hydroxylation sites is 1. The molecule has 1 unspecified atom stereocenters. The first-order chi connectivity index (χ1) is 11.6. The van der Waals surface area contributed by atoms with E-state index >= 15 is 0 Å². The Labute approximate surface area is 142 Å². The molecule has 0 saturated carbocycles. The van der Waals surface area contributed by atoms with Crippen LogP contribution in [-0.2, 0) is 17.8 Å². The first kappa shape index (κ1) is 16.5. The Kier molecular flexibility index (Phi) is 4.85. The second-order valence-corrected chi connectivity index (χ2v) is 6.25. The zero-order chi connectivity index (χ0) is 17.1. The lowest BCUT2D eigenvalue weighted by Gasteiger charge is -2.27. The van der Waals surface area contributed by atoms with E-state index in [-0.39, 0.29) is 11.9 Å². The van der Waals surface area contributed by atoms with Crippen molar-refractivity contribution in [3.63, 3.8) is 0 Å². The monoisotopic (exact) mass is 328 g/mol. The predicted octanol–water partition coefficient (Wildman–Crippen LogP) is 2.01. The van der Waals surface area contributed by atoms with E-state index in [1.165, 1.54) is 5.69 Å². The van der Waals surface area contributed by atoms with Gasteiger partial charge in [-0.3, -0.25) is 9.48 Å². The second-order valence-electron chi connectivity index (χ2n) is 6.25. The maximum Gasteiger partial charge on any atom is 0.274 e. The van der Waals surface area contributed by atoms with Gasteiger partial charge in [0, 0.05) is 45.2 Å². The number of nitrogens with zero attached hydrogens (tertiary/aromatic N) is 4. The van der Waals surface area contributed by atoms with Crippen molar-refractivity contribution in [2.24, 2.45) is 0 Å². The summed E-state index contributed by atoms with van der Waals surface area (Å²) in [6, 6.07) is 10.1. The number of anilines is 1. The number of aromatic nitrogens is 2. The van der Waals surface area contributed by atoms with Crippen LogP contribution >= 0.6 is 0 Å². The Morgan fingerprint density at radius 1 is 1.33 bits per heavy atom. The molecule has 2 heterocycles. The first-order valence-electron chi connectivity index (χ1n) is 8.22. The Balaban J connectivity index is 1.82. The minimum Gasteiger partial charge on any atom is -0.383 e. The lowest BCUT2D eigenvalue weighted by molar-refractivity contribution is 0.0679. The summed E-state index contributed by atoms with van der Waals surface area (Å²) < 4.78 is 6.80. The molecule has 1 amide bonds. The van der Waals surface area contributed by atoms with E-state index in [0.717, 1.165) is 12.1 Å². The molecule has 0 aliphatic carbocycles. The minimum absolute atomic E-state index is 0.0243. The topological polar surface area (TPSA) is 50.6 Å². The van der Waals surface area contributed by atoms with Crippen LogP contribution in [0.15, 0.2) is 36.5 Å². The highest BCUT2D eigenvalue weighted by atomic mass is 16.5. The number of carbonyl (C=O) groups is 1. The molecule has 6 heteroatoms. The molecule has 3 rings (SSSR count). The van der Waals surface area contributed by atoms with Crippen LogP contribution in [0.2, 0.25) is 0 Å². The molecule has 1 aromatic heterocycles. The molecule has 0 radical (unpaired) electrons. The number of rotatable bonds is 4. The van der Waals surface area contributed by atoms with Gasteiger partial charge in [0.15, 0.2) is 0 Å². The van der Waals surface area contributed by atoms with Gasteiger partial charge in [0.05, 0.1) is 13.2 Å². The molecular weight excluding hydrogens is 304 g/mol. The number of hydrogen-bond donors (Lipinski definition) is 0. The molecule has 128 valence electrons. The number of hydrogen-bond acceptors (Lipinski definition) is 4. The highest BCUT2D eigenvalue weighted by Crippen LogP contribution is 2.26. The number of benzene rings is 1. The van der Waals surface area contributed by atoms with Crippen LogP contribution in [0.3, 0.4) is 0 Å². The van der Waals surface area contributed by atoms with Gasteiger partial charge >= 0.3 is 0 Å². The highest BCUT2D eigenvalue weighted by Gasteiger charge is 2.28. The number of carbonyl (C=O) groups excluding carboxylic acids is 1. The van der Waals surface area contributed by atoms with Crippen LogP contribution in [0, 0.1) is 0 Å². The summed E-state index contributed by atoms with van der Waals surface area (Å²) in [5, 5.41) is 4.39. The van der Waals surface area contributed by atoms with E-state index in [2.05, 4.69) is 36.1 Å². The minimum atomic E-state index is -0.0243. The van der Waals surface area contributed by atoms with Gasteiger partial charge < -0.3 is 14.5 Å². The van der Waals surface area contributed by atoms with E-state index in [9.17, 15) is 4.79 Å². The zero-order valence-electron chi connectivity index (χ0n) is 14.5. The Morgan fingerprint density at radius 2 is 2.12 bits per heavy atom. The second kappa shape index (κ2) is 7.05. The molecule has 1 aromatic carbocycles. The maximum atomic E-state index is 13.0. The van der Waals surface area contributed by atoms with E-state index in [1.807, 2.05) is 23.2 Å². The number of methoxy groups -OCH3 is 1. The summed E-state index contributed by atoms with van der Waals surface area (Å²) in [6.07, 6.45) is 1.83. The van der Waals surface area contributed by atoms with Crippen molar-refractivity contribution < 1.29 is 9.53 Å². The Morgan fingerprint density at radius 3 is 2.92 bits per heavy atom. The van der Waals surface area contributed by atoms with Gasteiger partial charge in [-0.1, -0.05) is 18.2 Å². The van der Waals surface area contributed by atoms with Gasteiger partial charge in [0.2, 0.25) is 0 Å².